The number of fused-ring (bicyclic) bond motifs is 1. The van der Waals surface area contributed by atoms with E-state index in [2.05, 4.69) is 20.4 Å². The minimum absolute atomic E-state index is 0.180. The van der Waals surface area contributed by atoms with Crippen molar-refractivity contribution in [2.45, 2.75) is 13.8 Å². The minimum atomic E-state index is 0.180. The highest BCUT2D eigenvalue weighted by atomic mass is 16.7. The molecule has 128 valence electrons. The molecular formula is C16H16N6O3. The fraction of sp³-hybridized carbons (Fsp3) is 0.250. The molecule has 0 saturated heterocycles. The van der Waals surface area contributed by atoms with Gasteiger partial charge in [0.05, 0.1) is 19.0 Å². The van der Waals surface area contributed by atoms with Crippen LogP contribution in [0, 0.1) is 13.8 Å². The van der Waals surface area contributed by atoms with Gasteiger partial charge in [-0.3, -0.25) is 0 Å². The van der Waals surface area contributed by atoms with Gasteiger partial charge in [0.25, 0.3) is 5.95 Å². The minimum Gasteiger partial charge on any atom is -0.493 e. The van der Waals surface area contributed by atoms with Gasteiger partial charge in [0.1, 0.15) is 6.33 Å². The lowest BCUT2D eigenvalue weighted by Gasteiger charge is -2.06. The highest BCUT2D eigenvalue weighted by Crippen LogP contribution is 2.41. The van der Waals surface area contributed by atoms with Crippen LogP contribution >= 0.6 is 0 Å². The van der Waals surface area contributed by atoms with Gasteiger partial charge in [0.2, 0.25) is 12.5 Å². The standard InChI is InChI=1S/C16H16N6O3/c1-10-4-11(2)22(20-10)16-19-17-8-21(16)18-7-12-5-13(23-3)15-14(6-12)24-9-25-15/h4-8H,9H2,1-3H3/b18-7-. The SMILES string of the molecule is COc1cc(/C=N\n2cnnc2-n2nc(C)cc2C)cc2c1OCO2. The Morgan fingerprint density at radius 1 is 1.24 bits per heavy atom. The smallest absolute Gasteiger partial charge is 0.273 e. The Balaban J connectivity index is 1.68. The summed E-state index contributed by atoms with van der Waals surface area (Å²) in [4.78, 5) is 0. The maximum atomic E-state index is 5.42. The number of rotatable bonds is 4. The van der Waals surface area contributed by atoms with Crippen LogP contribution in [0.25, 0.3) is 5.95 Å². The van der Waals surface area contributed by atoms with E-state index in [4.69, 9.17) is 14.2 Å². The maximum Gasteiger partial charge on any atom is 0.273 e. The van der Waals surface area contributed by atoms with Gasteiger partial charge in [0, 0.05) is 11.3 Å². The third-order valence-corrected chi connectivity index (χ3v) is 3.72. The van der Waals surface area contributed by atoms with Crippen molar-refractivity contribution >= 4 is 6.21 Å². The quantitative estimate of drug-likeness (QED) is 0.672. The third kappa shape index (κ3) is 2.69. The van der Waals surface area contributed by atoms with Crippen LogP contribution in [0.2, 0.25) is 0 Å². The lowest BCUT2D eigenvalue weighted by molar-refractivity contribution is 0.171. The van der Waals surface area contributed by atoms with Gasteiger partial charge in [-0.05, 0) is 32.0 Å². The number of hydrogen-bond acceptors (Lipinski definition) is 7. The summed E-state index contributed by atoms with van der Waals surface area (Å²) in [6.45, 7) is 4.05. The predicted molar refractivity (Wildman–Crippen MR) is 88.7 cm³/mol. The van der Waals surface area contributed by atoms with E-state index < -0.39 is 0 Å². The summed E-state index contributed by atoms with van der Waals surface area (Å²) in [6, 6.07) is 5.62. The first kappa shape index (κ1) is 15.2. The van der Waals surface area contributed by atoms with E-state index >= 15 is 0 Å². The highest BCUT2D eigenvalue weighted by Gasteiger charge is 2.19. The van der Waals surface area contributed by atoms with Gasteiger partial charge in [0.15, 0.2) is 11.5 Å². The first-order valence-electron chi connectivity index (χ1n) is 7.61. The van der Waals surface area contributed by atoms with Crippen LogP contribution in [0.4, 0.5) is 0 Å². The van der Waals surface area contributed by atoms with E-state index in [0.717, 1.165) is 17.0 Å². The first-order chi connectivity index (χ1) is 12.2. The summed E-state index contributed by atoms with van der Waals surface area (Å²) in [5.41, 5.74) is 2.65. The van der Waals surface area contributed by atoms with Crippen molar-refractivity contribution in [3.8, 4) is 23.2 Å². The van der Waals surface area contributed by atoms with Crippen LogP contribution < -0.4 is 14.2 Å². The summed E-state index contributed by atoms with van der Waals surface area (Å²) >= 11 is 0. The van der Waals surface area contributed by atoms with Crippen LogP contribution in [0.15, 0.2) is 29.6 Å². The highest BCUT2D eigenvalue weighted by molar-refractivity contribution is 5.82. The number of hydrogen-bond donors (Lipinski definition) is 0. The van der Waals surface area contributed by atoms with Crippen molar-refractivity contribution in [3.05, 3.63) is 41.5 Å². The van der Waals surface area contributed by atoms with Crippen molar-refractivity contribution in [2.75, 3.05) is 13.9 Å². The zero-order chi connectivity index (χ0) is 17.4. The zero-order valence-corrected chi connectivity index (χ0v) is 14.0. The van der Waals surface area contributed by atoms with Gasteiger partial charge < -0.3 is 14.2 Å². The average Bonchev–Trinajstić information content (AvgIpc) is 3.31. The van der Waals surface area contributed by atoms with Crippen LogP contribution in [-0.4, -0.2) is 44.8 Å². The number of methoxy groups -OCH3 is 1. The predicted octanol–water partition coefficient (Wildman–Crippen LogP) is 1.70. The normalized spacial score (nSPS) is 12.9. The second kappa shape index (κ2) is 5.93. The molecule has 0 amide bonds. The lowest BCUT2D eigenvalue weighted by Crippen LogP contribution is -2.06. The Kier molecular flexibility index (Phi) is 3.60. The van der Waals surface area contributed by atoms with Crippen molar-refractivity contribution in [2.24, 2.45) is 5.10 Å². The molecule has 0 saturated carbocycles. The van der Waals surface area contributed by atoms with Crippen LogP contribution in [0.5, 0.6) is 17.2 Å². The van der Waals surface area contributed by atoms with Gasteiger partial charge in [-0.15, -0.1) is 10.2 Å². The van der Waals surface area contributed by atoms with E-state index in [1.54, 1.807) is 22.7 Å². The monoisotopic (exact) mass is 340 g/mol. The molecule has 1 aromatic carbocycles. The van der Waals surface area contributed by atoms with Crippen molar-refractivity contribution in [1.82, 2.24) is 24.7 Å². The summed E-state index contributed by atoms with van der Waals surface area (Å²) in [7, 11) is 1.58. The third-order valence-electron chi connectivity index (χ3n) is 3.72. The average molecular weight is 340 g/mol. The Hall–Kier alpha value is -3.36. The topological polar surface area (TPSA) is 88.6 Å². The van der Waals surface area contributed by atoms with Crippen molar-refractivity contribution in [1.29, 1.82) is 0 Å². The molecule has 0 bridgehead atoms. The van der Waals surface area contributed by atoms with Gasteiger partial charge in [-0.2, -0.15) is 14.9 Å². The molecular weight excluding hydrogens is 324 g/mol. The van der Waals surface area contributed by atoms with E-state index in [0.29, 0.717) is 23.2 Å². The molecule has 1 aliphatic heterocycles. The molecule has 3 heterocycles. The van der Waals surface area contributed by atoms with E-state index in [-0.39, 0.29) is 6.79 Å². The van der Waals surface area contributed by atoms with Gasteiger partial charge >= 0.3 is 0 Å². The molecule has 25 heavy (non-hydrogen) atoms. The summed E-state index contributed by atoms with van der Waals surface area (Å²) in [6.07, 6.45) is 3.19. The summed E-state index contributed by atoms with van der Waals surface area (Å²) in [5.74, 6) is 2.34. The Bertz CT molecular complexity index is 959. The van der Waals surface area contributed by atoms with Gasteiger partial charge in [-0.25, -0.2) is 4.68 Å². The van der Waals surface area contributed by atoms with Crippen molar-refractivity contribution < 1.29 is 14.2 Å². The maximum absolute atomic E-state index is 5.42. The molecule has 0 fully saturated rings. The fourth-order valence-electron chi connectivity index (χ4n) is 2.63. The van der Waals surface area contributed by atoms with E-state index in [9.17, 15) is 0 Å². The number of benzene rings is 1. The van der Waals surface area contributed by atoms with Crippen LogP contribution in [-0.2, 0) is 0 Å². The molecule has 0 aliphatic carbocycles. The Morgan fingerprint density at radius 2 is 2.12 bits per heavy atom. The number of nitrogens with zero attached hydrogens (tertiary/aromatic N) is 6. The summed E-state index contributed by atoms with van der Waals surface area (Å²) in [5, 5.41) is 16.8. The molecule has 0 unspecified atom stereocenters. The molecule has 0 N–H and O–H groups in total. The Morgan fingerprint density at radius 3 is 2.88 bits per heavy atom. The van der Waals surface area contributed by atoms with E-state index in [1.165, 1.54) is 6.33 Å². The molecule has 9 heteroatoms. The number of ether oxygens (including phenoxy) is 3. The number of aromatic nitrogens is 5. The van der Waals surface area contributed by atoms with E-state index in [1.807, 2.05) is 32.0 Å². The molecule has 0 atom stereocenters. The van der Waals surface area contributed by atoms with Crippen LogP contribution in [0.1, 0.15) is 17.0 Å². The number of aryl methyl sites for hydroxylation is 2. The molecule has 3 aromatic rings. The van der Waals surface area contributed by atoms with Crippen LogP contribution in [0.3, 0.4) is 0 Å². The molecule has 9 nitrogen and oxygen atoms in total. The lowest BCUT2D eigenvalue weighted by atomic mass is 10.2. The molecule has 1 aliphatic rings. The fourth-order valence-corrected chi connectivity index (χ4v) is 2.63. The largest absolute Gasteiger partial charge is 0.493 e. The second-order valence-electron chi connectivity index (χ2n) is 5.52. The molecule has 0 radical (unpaired) electrons. The summed E-state index contributed by atoms with van der Waals surface area (Å²) < 4.78 is 19.4. The Labute approximate surface area is 143 Å². The zero-order valence-electron chi connectivity index (χ0n) is 14.0. The molecule has 0 spiro atoms. The molecule has 4 rings (SSSR count). The van der Waals surface area contributed by atoms with Gasteiger partial charge in [-0.1, -0.05) is 0 Å². The second-order valence-corrected chi connectivity index (χ2v) is 5.52. The first-order valence-corrected chi connectivity index (χ1v) is 7.61. The van der Waals surface area contributed by atoms with Crippen molar-refractivity contribution in [3.63, 3.8) is 0 Å². The molecule has 2 aromatic heterocycles.